The first kappa shape index (κ1) is 14.7. The molecule has 0 spiro atoms. The van der Waals surface area contributed by atoms with E-state index in [9.17, 15) is 9.18 Å². The van der Waals surface area contributed by atoms with Gasteiger partial charge < -0.3 is 11.1 Å². The van der Waals surface area contributed by atoms with Crippen molar-refractivity contribution in [2.75, 3.05) is 6.54 Å². The van der Waals surface area contributed by atoms with Crippen molar-refractivity contribution in [3.63, 3.8) is 0 Å². The lowest BCUT2D eigenvalue weighted by atomic mass is 10.1. The summed E-state index contributed by atoms with van der Waals surface area (Å²) in [6.07, 6.45) is 1.65. The van der Waals surface area contributed by atoms with E-state index < -0.39 is 5.82 Å². The summed E-state index contributed by atoms with van der Waals surface area (Å²) in [6.45, 7) is 0.437. The molecule has 21 heavy (non-hydrogen) atoms. The fourth-order valence-electron chi connectivity index (χ4n) is 1.73. The Morgan fingerprint density at radius 3 is 2.90 bits per heavy atom. The van der Waals surface area contributed by atoms with Crippen molar-refractivity contribution in [2.45, 2.75) is 6.54 Å². The molecule has 0 aliphatic heterocycles. The number of benzene rings is 1. The number of hydrogen-bond donors (Lipinski definition) is 2. The van der Waals surface area contributed by atoms with Crippen molar-refractivity contribution < 1.29 is 9.18 Å². The second-order valence-electron chi connectivity index (χ2n) is 4.20. The smallest absolute Gasteiger partial charge is 0.252 e. The average Bonchev–Trinajstić information content (AvgIpc) is 2.51. The van der Waals surface area contributed by atoms with Crippen molar-refractivity contribution in [3.05, 3.63) is 65.2 Å². The molecule has 2 rings (SSSR count). The number of nitrogens with one attached hydrogen (secondary N) is 1. The Bertz CT molecular complexity index is 690. The molecule has 0 radical (unpaired) electrons. The minimum atomic E-state index is -0.447. The number of hydrogen-bond acceptors (Lipinski definition) is 3. The molecule has 3 N–H and O–H groups in total. The first-order valence-electron chi connectivity index (χ1n) is 6.37. The maximum Gasteiger partial charge on any atom is 0.252 e. The van der Waals surface area contributed by atoms with Crippen molar-refractivity contribution in [2.24, 2.45) is 5.73 Å². The molecule has 0 aliphatic rings. The third-order valence-electron chi connectivity index (χ3n) is 2.71. The predicted octanol–water partition coefficient (Wildman–Crippen LogP) is 1.46. The number of amides is 1. The van der Waals surface area contributed by atoms with Gasteiger partial charge in [-0.1, -0.05) is 17.9 Å². The van der Waals surface area contributed by atoms with E-state index in [0.29, 0.717) is 17.7 Å². The minimum Gasteiger partial charge on any atom is -0.346 e. The Balaban J connectivity index is 2.15. The molecule has 0 fully saturated rings. The highest BCUT2D eigenvalue weighted by Crippen LogP contribution is 2.10. The zero-order valence-electron chi connectivity index (χ0n) is 11.3. The van der Waals surface area contributed by atoms with E-state index in [1.165, 1.54) is 18.2 Å². The molecule has 1 aromatic carbocycles. The number of carbonyl (C=O) groups excluding carboxylic acids is 1. The Kier molecular flexibility index (Phi) is 5.02. The van der Waals surface area contributed by atoms with Crippen molar-refractivity contribution in [1.29, 1.82) is 0 Å². The third kappa shape index (κ3) is 4.13. The van der Waals surface area contributed by atoms with E-state index in [4.69, 9.17) is 5.73 Å². The summed E-state index contributed by atoms with van der Waals surface area (Å²) in [4.78, 5) is 16.3. The largest absolute Gasteiger partial charge is 0.346 e. The Labute approximate surface area is 122 Å². The molecule has 5 heteroatoms. The van der Waals surface area contributed by atoms with E-state index in [0.717, 1.165) is 5.69 Å². The molecule has 1 aromatic heterocycles. The maximum absolute atomic E-state index is 13.2. The van der Waals surface area contributed by atoms with Crippen LogP contribution in [0.5, 0.6) is 0 Å². The van der Waals surface area contributed by atoms with Crippen LogP contribution in [-0.4, -0.2) is 17.4 Å². The molecule has 4 nitrogen and oxygen atoms in total. The lowest BCUT2D eigenvalue weighted by Crippen LogP contribution is -2.24. The summed E-state index contributed by atoms with van der Waals surface area (Å²) in [5.74, 6) is 4.54. The first-order chi connectivity index (χ1) is 10.2. The molecule has 0 aliphatic carbocycles. The van der Waals surface area contributed by atoms with Gasteiger partial charge in [0.1, 0.15) is 5.82 Å². The normalized spacial score (nSPS) is 9.62. The molecule has 2 aromatic rings. The van der Waals surface area contributed by atoms with Gasteiger partial charge in [-0.3, -0.25) is 9.78 Å². The summed E-state index contributed by atoms with van der Waals surface area (Å²) < 4.78 is 13.2. The van der Waals surface area contributed by atoms with Gasteiger partial charge >= 0.3 is 0 Å². The van der Waals surface area contributed by atoms with Crippen LogP contribution in [0, 0.1) is 17.7 Å². The molecule has 0 saturated heterocycles. The first-order valence-corrected chi connectivity index (χ1v) is 6.37. The van der Waals surface area contributed by atoms with Gasteiger partial charge in [0.15, 0.2) is 0 Å². The van der Waals surface area contributed by atoms with Gasteiger partial charge in [-0.2, -0.15) is 0 Å². The van der Waals surface area contributed by atoms with Crippen LogP contribution < -0.4 is 11.1 Å². The van der Waals surface area contributed by atoms with Crippen LogP contribution in [0.15, 0.2) is 42.6 Å². The maximum atomic E-state index is 13.2. The molecule has 0 unspecified atom stereocenters. The monoisotopic (exact) mass is 283 g/mol. The van der Waals surface area contributed by atoms with E-state index in [-0.39, 0.29) is 12.5 Å². The summed E-state index contributed by atoms with van der Waals surface area (Å²) >= 11 is 0. The fourth-order valence-corrected chi connectivity index (χ4v) is 1.73. The highest BCUT2D eigenvalue weighted by atomic mass is 19.1. The third-order valence-corrected chi connectivity index (χ3v) is 2.71. The Morgan fingerprint density at radius 2 is 2.19 bits per heavy atom. The predicted molar refractivity (Wildman–Crippen MR) is 77.7 cm³/mol. The van der Waals surface area contributed by atoms with Crippen LogP contribution >= 0.6 is 0 Å². The summed E-state index contributed by atoms with van der Waals surface area (Å²) in [6, 6.07) is 9.29. The number of nitrogens with two attached hydrogens (primary N) is 1. The molecular formula is C16H14FN3O. The highest BCUT2D eigenvalue weighted by Gasteiger charge is 2.11. The van der Waals surface area contributed by atoms with Gasteiger partial charge in [0, 0.05) is 11.8 Å². The summed E-state index contributed by atoms with van der Waals surface area (Å²) in [5, 5.41) is 2.73. The summed E-state index contributed by atoms with van der Waals surface area (Å²) in [5.41, 5.74) is 6.67. The highest BCUT2D eigenvalue weighted by molar-refractivity contribution is 5.96. The van der Waals surface area contributed by atoms with Gasteiger partial charge in [0.25, 0.3) is 5.91 Å². The standard InChI is InChI=1S/C16H14FN3O/c17-13-6-7-15(12(10-13)4-3-8-18)16(21)20-11-14-5-1-2-9-19-14/h1-2,5-7,9-10H,8,11,18H2,(H,20,21). The lowest BCUT2D eigenvalue weighted by molar-refractivity contribution is 0.0950. The van der Waals surface area contributed by atoms with Crippen LogP contribution in [0.4, 0.5) is 4.39 Å². The molecular weight excluding hydrogens is 269 g/mol. The number of halogens is 1. The van der Waals surface area contributed by atoms with Crippen LogP contribution in [0.3, 0.4) is 0 Å². The fraction of sp³-hybridized carbons (Fsp3) is 0.125. The zero-order valence-corrected chi connectivity index (χ0v) is 11.3. The summed E-state index contributed by atoms with van der Waals surface area (Å²) in [7, 11) is 0. The van der Waals surface area contributed by atoms with Gasteiger partial charge in [-0.15, -0.1) is 0 Å². The molecule has 0 atom stereocenters. The lowest BCUT2D eigenvalue weighted by Gasteiger charge is -2.07. The molecule has 1 amide bonds. The van der Waals surface area contributed by atoms with Crippen molar-refractivity contribution >= 4 is 5.91 Å². The van der Waals surface area contributed by atoms with Crippen molar-refractivity contribution in [3.8, 4) is 11.8 Å². The molecule has 0 bridgehead atoms. The Morgan fingerprint density at radius 1 is 1.33 bits per heavy atom. The van der Waals surface area contributed by atoms with E-state index in [2.05, 4.69) is 22.1 Å². The van der Waals surface area contributed by atoms with Gasteiger partial charge in [-0.25, -0.2) is 4.39 Å². The second kappa shape index (κ2) is 7.17. The minimum absolute atomic E-state index is 0.144. The second-order valence-corrected chi connectivity index (χ2v) is 4.20. The van der Waals surface area contributed by atoms with Crippen LogP contribution in [0.1, 0.15) is 21.6 Å². The van der Waals surface area contributed by atoms with Crippen LogP contribution in [0.25, 0.3) is 0 Å². The molecule has 1 heterocycles. The quantitative estimate of drug-likeness (QED) is 0.838. The van der Waals surface area contributed by atoms with Crippen LogP contribution in [0.2, 0.25) is 0 Å². The topological polar surface area (TPSA) is 68.0 Å². The van der Waals surface area contributed by atoms with E-state index in [1.54, 1.807) is 18.3 Å². The van der Waals surface area contributed by atoms with E-state index in [1.807, 2.05) is 6.07 Å². The van der Waals surface area contributed by atoms with Crippen LogP contribution in [-0.2, 0) is 6.54 Å². The van der Waals surface area contributed by atoms with Gasteiger partial charge in [-0.05, 0) is 30.3 Å². The molecule has 106 valence electrons. The Hall–Kier alpha value is -2.71. The van der Waals surface area contributed by atoms with Crippen molar-refractivity contribution in [1.82, 2.24) is 10.3 Å². The zero-order chi connectivity index (χ0) is 15.1. The number of nitrogens with zero attached hydrogens (tertiary/aromatic N) is 1. The molecule has 0 saturated carbocycles. The van der Waals surface area contributed by atoms with E-state index >= 15 is 0 Å². The number of aromatic nitrogens is 1. The SMILES string of the molecule is NCC#Cc1cc(F)ccc1C(=O)NCc1ccccn1. The number of rotatable bonds is 3. The number of carbonyl (C=O) groups is 1. The number of pyridine rings is 1. The van der Waals surface area contributed by atoms with Gasteiger partial charge in [0.05, 0.1) is 24.3 Å². The van der Waals surface area contributed by atoms with Gasteiger partial charge in [0.2, 0.25) is 0 Å². The average molecular weight is 283 g/mol.